The van der Waals surface area contributed by atoms with Gasteiger partial charge in [0.25, 0.3) is 0 Å². The molecular formula is C19H30O. The number of carbonyl (C=O) groups excluding carboxylic acids is 1. The maximum Gasteiger partial charge on any atom is 0.168 e. The molecule has 0 fully saturated rings. The van der Waals surface area contributed by atoms with E-state index in [4.69, 9.17) is 0 Å². The minimum Gasteiger partial charge on any atom is -0.294 e. The summed E-state index contributed by atoms with van der Waals surface area (Å²) in [6.45, 7) is 8.17. The summed E-state index contributed by atoms with van der Waals surface area (Å²) in [5.74, 6) is 0.226. The molecule has 0 radical (unpaired) electrons. The van der Waals surface area contributed by atoms with Crippen LogP contribution in [-0.4, -0.2) is 5.78 Å². The van der Waals surface area contributed by atoms with Crippen LogP contribution in [0.25, 0.3) is 0 Å². The highest BCUT2D eigenvalue weighted by Crippen LogP contribution is 2.21. The Morgan fingerprint density at radius 3 is 2.00 bits per heavy atom. The molecule has 0 saturated carbocycles. The van der Waals surface area contributed by atoms with Crippen LogP contribution in [0, 0.1) is 5.41 Å². The molecule has 0 amide bonds. The monoisotopic (exact) mass is 274 g/mol. The Bertz CT molecular complexity index is 395. The summed E-state index contributed by atoms with van der Waals surface area (Å²) in [6.07, 6.45) is 9.12. The van der Waals surface area contributed by atoms with Gasteiger partial charge in [-0.25, -0.2) is 0 Å². The Kier molecular flexibility index (Phi) is 6.98. The lowest BCUT2D eigenvalue weighted by molar-refractivity contribution is 0.0858. The third-order valence-corrected chi connectivity index (χ3v) is 3.72. The molecule has 0 heterocycles. The van der Waals surface area contributed by atoms with E-state index in [1.54, 1.807) is 0 Å². The molecule has 0 spiro atoms. The zero-order valence-electron chi connectivity index (χ0n) is 13.7. The molecule has 1 aromatic rings. The summed E-state index contributed by atoms with van der Waals surface area (Å²) >= 11 is 0. The van der Waals surface area contributed by atoms with Gasteiger partial charge in [-0.3, -0.25) is 4.79 Å². The van der Waals surface area contributed by atoms with Gasteiger partial charge in [0.2, 0.25) is 0 Å². The van der Waals surface area contributed by atoms with Crippen LogP contribution >= 0.6 is 0 Å². The summed E-state index contributed by atoms with van der Waals surface area (Å²) < 4.78 is 0. The lowest BCUT2D eigenvalue weighted by Crippen LogP contribution is -2.20. The van der Waals surface area contributed by atoms with Crippen LogP contribution in [0.5, 0.6) is 0 Å². The standard InChI is InChI=1S/C19H30O/c1-5-6-7-8-9-10-11-16-12-14-17(15-13-16)18(20)19(2,3)4/h12-15H,5-11H2,1-4H3. The molecule has 0 aromatic heterocycles. The van der Waals surface area contributed by atoms with E-state index in [2.05, 4.69) is 19.1 Å². The maximum absolute atomic E-state index is 12.1. The van der Waals surface area contributed by atoms with Crippen LogP contribution in [-0.2, 0) is 6.42 Å². The Hall–Kier alpha value is -1.11. The summed E-state index contributed by atoms with van der Waals surface area (Å²) in [5, 5.41) is 0. The Labute approximate surface area is 124 Å². The molecule has 112 valence electrons. The number of Topliss-reactive ketones (excluding diaryl/α,β-unsaturated/α-hetero) is 1. The van der Waals surface area contributed by atoms with Crippen molar-refractivity contribution in [3.63, 3.8) is 0 Å². The van der Waals surface area contributed by atoms with Crippen LogP contribution in [0.4, 0.5) is 0 Å². The predicted octanol–water partition coefficient (Wildman–Crippen LogP) is 5.82. The van der Waals surface area contributed by atoms with Gasteiger partial charge in [-0.2, -0.15) is 0 Å². The first kappa shape index (κ1) is 16.9. The average Bonchev–Trinajstić information content (AvgIpc) is 2.41. The second kappa shape index (κ2) is 8.24. The molecule has 0 aliphatic heterocycles. The van der Waals surface area contributed by atoms with Gasteiger partial charge in [-0.15, -0.1) is 0 Å². The molecule has 20 heavy (non-hydrogen) atoms. The van der Waals surface area contributed by atoms with Gasteiger partial charge < -0.3 is 0 Å². The van der Waals surface area contributed by atoms with Gasteiger partial charge in [0.15, 0.2) is 5.78 Å². The first-order valence-electron chi connectivity index (χ1n) is 8.09. The van der Waals surface area contributed by atoms with Crippen LogP contribution in [0.2, 0.25) is 0 Å². The highest BCUT2D eigenvalue weighted by Gasteiger charge is 2.22. The molecule has 0 atom stereocenters. The van der Waals surface area contributed by atoms with Crippen LogP contribution in [0.15, 0.2) is 24.3 Å². The quantitative estimate of drug-likeness (QED) is 0.431. The number of hydrogen-bond acceptors (Lipinski definition) is 1. The number of carbonyl (C=O) groups is 1. The first-order chi connectivity index (χ1) is 9.45. The van der Waals surface area contributed by atoms with Gasteiger partial charge in [-0.1, -0.05) is 84.1 Å². The molecular weight excluding hydrogens is 244 g/mol. The zero-order valence-corrected chi connectivity index (χ0v) is 13.7. The van der Waals surface area contributed by atoms with Crippen molar-refractivity contribution in [2.75, 3.05) is 0 Å². The Morgan fingerprint density at radius 2 is 1.45 bits per heavy atom. The van der Waals surface area contributed by atoms with Crippen molar-refractivity contribution in [1.82, 2.24) is 0 Å². The molecule has 0 unspecified atom stereocenters. The smallest absolute Gasteiger partial charge is 0.168 e. The second-order valence-corrected chi connectivity index (χ2v) is 6.79. The lowest BCUT2D eigenvalue weighted by atomic mass is 9.86. The van der Waals surface area contributed by atoms with E-state index in [0.717, 1.165) is 12.0 Å². The van der Waals surface area contributed by atoms with Crippen molar-refractivity contribution in [1.29, 1.82) is 0 Å². The van der Waals surface area contributed by atoms with E-state index >= 15 is 0 Å². The third kappa shape index (κ3) is 5.90. The molecule has 1 aromatic carbocycles. The topological polar surface area (TPSA) is 17.1 Å². The SMILES string of the molecule is CCCCCCCCc1ccc(C(=O)C(C)(C)C)cc1. The Morgan fingerprint density at radius 1 is 0.900 bits per heavy atom. The zero-order chi connectivity index (χ0) is 15.0. The van der Waals surface area contributed by atoms with Crippen molar-refractivity contribution >= 4 is 5.78 Å². The highest BCUT2D eigenvalue weighted by molar-refractivity contribution is 5.99. The van der Waals surface area contributed by atoms with Crippen molar-refractivity contribution in [2.24, 2.45) is 5.41 Å². The average molecular weight is 274 g/mol. The number of unbranched alkanes of at least 4 members (excludes halogenated alkanes) is 5. The number of aryl methyl sites for hydroxylation is 1. The molecule has 1 heteroatoms. The largest absolute Gasteiger partial charge is 0.294 e. The first-order valence-corrected chi connectivity index (χ1v) is 8.09. The number of hydrogen-bond donors (Lipinski definition) is 0. The van der Waals surface area contributed by atoms with Crippen molar-refractivity contribution in [2.45, 2.75) is 72.6 Å². The van der Waals surface area contributed by atoms with Crippen LogP contribution in [0.1, 0.15) is 82.1 Å². The highest BCUT2D eigenvalue weighted by atomic mass is 16.1. The molecule has 1 nitrogen and oxygen atoms in total. The van der Waals surface area contributed by atoms with E-state index < -0.39 is 0 Å². The van der Waals surface area contributed by atoms with Crippen LogP contribution < -0.4 is 0 Å². The molecule has 0 aliphatic rings. The summed E-state index contributed by atoms with van der Waals surface area (Å²) in [7, 11) is 0. The predicted molar refractivity (Wildman–Crippen MR) is 87.3 cm³/mol. The third-order valence-electron chi connectivity index (χ3n) is 3.72. The summed E-state index contributed by atoms with van der Waals surface area (Å²) in [5.41, 5.74) is 1.90. The van der Waals surface area contributed by atoms with Crippen molar-refractivity contribution in [3.05, 3.63) is 35.4 Å². The van der Waals surface area contributed by atoms with E-state index in [9.17, 15) is 4.79 Å². The number of benzene rings is 1. The molecule has 0 aliphatic carbocycles. The minimum absolute atomic E-state index is 0.226. The number of rotatable bonds is 8. The van der Waals surface area contributed by atoms with Gasteiger partial charge in [0, 0.05) is 11.0 Å². The molecule has 0 saturated heterocycles. The van der Waals surface area contributed by atoms with E-state index in [1.807, 2.05) is 32.9 Å². The van der Waals surface area contributed by atoms with Crippen LogP contribution in [0.3, 0.4) is 0 Å². The normalized spacial score (nSPS) is 11.6. The maximum atomic E-state index is 12.1. The second-order valence-electron chi connectivity index (χ2n) is 6.79. The van der Waals surface area contributed by atoms with E-state index in [-0.39, 0.29) is 11.2 Å². The molecule has 1 rings (SSSR count). The number of ketones is 1. The summed E-state index contributed by atoms with van der Waals surface area (Å²) in [6, 6.07) is 8.20. The van der Waals surface area contributed by atoms with Gasteiger partial charge in [0.1, 0.15) is 0 Å². The fraction of sp³-hybridized carbons (Fsp3) is 0.632. The molecule has 0 N–H and O–H groups in total. The van der Waals surface area contributed by atoms with Crippen molar-refractivity contribution < 1.29 is 4.79 Å². The van der Waals surface area contributed by atoms with Gasteiger partial charge in [0.05, 0.1) is 0 Å². The fourth-order valence-electron chi connectivity index (χ4n) is 2.37. The van der Waals surface area contributed by atoms with E-state index in [1.165, 1.54) is 44.1 Å². The van der Waals surface area contributed by atoms with Gasteiger partial charge in [-0.05, 0) is 18.4 Å². The van der Waals surface area contributed by atoms with E-state index in [0.29, 0.717) is 0 Å². The summed E-state index contributed by atoms with van der Waals surface area (Å²) in [4.78, 5) is 12.1. The van der Waals surface area contributed by atoms with Crippen molar-refractivity contribution in [3.8, 4) is 0 Å². The Balaban J connectivity index is 2.38. The molecule has 0 bridgehead atoms. The lowest BCUT2D eigenvalue weighted by Gasteiger charge is -2.16. The fourth-order valence-corrected chi connectivity index (χ4v) is 2.37. The van der Waals surface area contributed by atoms with Gasteiger partial charge >= 0.3 is 0 Å². The minimum atomic E-state index is -0.291.